The van der Waals surface area contributed by atoms with Gasteiger partial charge in [-0.1, -0.05) is 6.92 Å². The summed E-state index contributed by atoms with van der Waals surface area (Å²) in [4.78, 5) is 15.7. The summed E-state index contributed by atoms with van der Waals surface area (Å²) in [6.07, 6.45) is 0.260. The topological polar surface area (TPSA) is 54.0 Å². The van der Waals surface area contributed by atoms with Crippen LogP contribution in [0, 0.1) is 0 Å². The van der Waals surface area contributed by atoms with Gasteiger partial charge in [0.25, 0.3) is 0 Å². The molecule has 0 saturated heterocycles. The van der Waals surface area contributed by atoms with E-state index in [1.54, 1.807) is 0 Å². The van der Waals surface area contributed by atoms with Gasteiger partial charge in [0.15, 0.2) is 0 Å². The smallest absolute Gasteiger partial charge is 0.316 e. The van der Waals surface area contributed by atoms with Gasteiger partial charge in [-0.25, -0.2) is 0 Å². The molecule has 3 aromatic carbocycles. The molecular weight excluding hydrogens is 508 g/mol. The predicted octanol–water partition coefficient (Wildman–Crippen LogP) is 9.37. The van der Waals surface area contributed by atoms with E-state index in [0.717, 1.165) is 31.9 Å². The number of carbonyl (C=O) groups is 1. The third kappa shape index (κ3) is 8.43. The quantitative estimate of drug-likeness (QED) is 0.279. The summed E-state index contributed by atoms with van der Waals surface area (Å²) in [5.74, 6) is 1.99. The average Bonchev–Trinajstić information content (AvgIpc) is 2.81. The number of hydrogen-bond donors (Lipinski definition) is 0. The Morgan fingerprint density at radius 1 is 0.538 bits per heavy atom. The Labute approximate surface area is 236 Å². The van der Waals surface area contributed by atoms with Crippen LogP contribution >= 0.6 is 10.3 Å². The first-order valence-electron chi connectivity index (χ1n) is 13.4. The van der Waals surface area contributed by atoms with Crippen molar-refractivity contribution in [1.82, 2.24) is 0 Å². The number of ether oxygens (including phenoxy) is 3. The molecule has 0 fully saturated rings. The molecule has 6 heteroatoms. The molecular formula is C33H44O5S. The highest BCUT2D eigenvalue weighted by atomic mass is 32.3. The second-order valence-electron chi connectivity index (χ2n) is 12.4. The molecule has 0 heterocycles. The number of hydrogen-bond acceptors (Lipinski definition) is 5. The minimum Gasteiger partial charge on any atom is -0.488 e. The second kappa shape index (κ2) is 11.5. The third-order valence-electron chi connectivity index (χ3n) is 5.25. The second-order valence-corrected chi connectivity index (χ2v) is 15.1. The maximum absolute atomic E-state index is 13.0. The Morgan fingerprint density at radius 3 is 1.00 bits per heavy atom. The van der Waals surface area contributed by atoms with Crippen molar-refractivity contribution in [2.24, 2.45) is 0 Å². The highest BCUT2D eigenvalue weighted by molar-refractivity contribution is 8.30. The molecule has 39 heavy (non-hydrogen) atoms. The van der Waals surface area contributed by atoms with Crippen molar-refractivity contribution in [3.63, 3.8) is 0 Å². The summed E-state index contributed by atoms with van der Waals surface area (Å²) in [5, 5.41) is 0. The normalized spacial score (nSPS) is 13.0. The van der Waals surface area contributed by atoms with Gasteiger partial charge in [-0.15, -0.1) is 0 Å². The molecule has 0 aromatic heterocycles. The van der Waals surface area contributed by atoms with Gasteiger partial charge in [0, 0.05) is 21.1 Å². The monoisotopic (exact) mass is 552 g/mol. The van der Waals surface area contributed by atoms with Gasteiger partial charge in [0.2, 0.25) is 0 Å². The van der Waals surface area contributed by atoms with E-state index in [9.17, 15) is 4.79 Å². The zero-order valence-electron chi connectivity index (χ0n) is 25.1. The van der Waals surface area contributed by atoms with E-state index in [-0.39, 0.29) is 29.2 Å². The van der Waals surface area contributed by atoms with E-state index in [2.05, 4.69) is 0 Å². The van der Waals surface area contributed by atoms with Gasteiger partial charge in [0.1, 0.15) is 34.1 Å². The van der Waals surface area contributed by atoms with Crippen LogP contribution in [-0.2, 0) is 8.98 Å². The van der Waals surface area contributed by atoms with Crippen LogP contribution in [0.3, 0.4) is 0 Å². The van der Waals surface area contributed by atoms with Crippen LogP contribution in [0.15, 0.2) is 87.5 Å². The van der Waals surface area contributed by atoms with E-state index in [1.807, 2.05) is 142 Å². The number of benzene rings is 3. The molecule has 212 valence electrons. The van der Waals surface area contributed by atoms with E-state index >= 15 is 0 Å². The average molecular weight is 553 g/mol. The Balaban J connectivity index is 2.21. The van der Waals surface area contributed by atoms with Crippen LogP contribution in [-0.4, -0.2) is 22.8 Å². The largest absolute Gasteiger partial charge is 0.488 e. The van der Waals surface area contributed by atoms with Crippen molar-refractivity contribution in [2.75, 3.05) is 0 Å². The molecule has 0 unspecified atom stereocenters. The van der Waals surface area contributed by atoms with Gasteiger partial charge in [-0.2, -0.15) is 0 Å². The molecule has 0 aliphatic rings. The van der Waals surface area contributed by atoms with Crippen LogP contribution in [0.1, 0.15) is 75.7 Å². The molecule has 0 spiro atoms. The van der Waals surface area contributed by atoms with E-state index in [0.29, 0.717) is 0 Å². The Kier molecular flexibility index (Phi) is 9.01. The zero-order chi connectivity index (χ0) is 29.1. The van der Waals surface area contributed by atoms with E-state index in [1.165, 1.54) is 0 Å². The zero-order valence-corrected chi connectivity index (χ0v) is 25.9. The van der Waals surface area contributed by atoms with Crippen molar-refractivity contribution < 1.29 is 23.2 Å². The minimum atomic E-state index is -2.44. The molecule has 0 N–H and O–H groups in total. The van der Waals surface area contributed by atoms with Gasteiger partial charge in [-0.3, -0.25) is 4.79 Å². The summed E-state index contributed by atoms with van der Waals surface area (Å²) in [7, 11) is -2.44. The lowest BCUT2D eigenvalue weighted by Gasteiger charge is -2.40. The van der Waals surface area contributed by atoms with E-state index in [4.69, 9.17) is 18.4 Å². The van der Waals surface area contributed by atoms with Crippen molar-refractivity contribution in [3.05, 3.63) is 72.8 Å². The maximum atomic E-state index is 13.0. The Hall–Kier alpha value is -3.12. The summed E-state index contributed by atoms with van der Waals surface area (Å²) < 4.78 is 24.7. The molecule has 0 saturated carbocycles. The maximum Gasteiger partial charge on any atom is 0.316 e. The first-order valence-corrected chi connectivity index (χ1v) is 15.0. The molecule has 0 radical (unpaired) electrons. The summed E-state index contributed by atoms with van der Waals surface area (Å²) in [6.45, 7) is 20.0. The lowest BCUT2D eigenvalue weighted by molar-refractivity contribution is -0.133. The van der Waals surface area contributed by atoms with Gasteiger partial charge in [0.05, 0.1) is 0 Å². The number of rotatable bonds is 8. The first-order chi connectivity index (χ1) is 18.0. The third-order valence-corrected chi connectivity index (χ3v) is 8.49. The molecule has 3 rings (SSSR count). The lowest BCUT2D eigenvalue weighted by atomic mass is 10.2. The Morgan fingerprint density at radius 2 is 0.795 bits per heavy atom. The molecule has 5 nitrogen and oxygen atoms in total. The highest BCUT2D eigenvalue weighted by Crippen LogP contribution is 2.69. The Bertz CT molecular complexity index is 1080. The summed E-state index contributed by atoms with van der Waals surface area (Å²) in [5.41, 5.74) is -0.982. The minimum absolute atomic E-state index is 0.260. The van der Waals surface area contributed by atoms with Crippen LogP contribution < -0.4 is 14.2 Å². The highest BCUT2D eigenvalue weighted by Gasteiger charge is 2.36. The molecule has 3 aromatic rings. The molecule has 0 amide bonds. The van der Waals surface area contributed by atoms with E-state index < -0.39 is 10.3 Å². The predicted molar refractivity (Wildman–Crippen MR) is 159 cm³/mol. The molecule has 0 aliphatic heterocycles. The first kappa shape index (κ1) is 30.4. The summed E-state index contributed by atoms with van der Waals surface area (Å²) in [6, 6.07) is 23.6. The molecule has 0 atom stereocenters. The number of carbonyl (C=O) groups excluding carboxylic acids is 1. The van der Waals surface area contributed by atoms with Crippen molar-refractivity contribution in [3.8, 4) is 17.2 Å². The van der Waals surface area contributed by atoms with Crippen molar-refractivity contribution in [2.45, 2.75) is 107 Å². The standard InChI is InChI=1S/C33H44O5S/c1-11-30(34)38-39(27-18-12-24(13-19-27)35-31(2,3)4,28-20-14-25(15-21-28)36-32(5,6)7)29-22-16-26(17-23-29)37-33(8,9)10/h12-23H,11H2,1-10H3. The fourth-order valence-corrected chi connectivity index (χ4v) is 6.97. The molecule has 0 bridgehead atoms. The van der Waals surface area contributed by atoms with Crippen LogP contribution in [0.5, 0.6) is 17.2 Å². The molecule has 0 aliphatic carbocycles. The van der Waals surface area contributed by atoms with Gasteiger partial charge in [-0.05, 0) is 145 Å². The van der Waals surface area contributed by atoms with Gasteiger partial charge < -0.3 is 18.4 Å². The van der Waals surface area contributed by atoms with Crippen molar-refractivity contribution in [1.29, 1.82) is 0 Å². The SMILES string of the molecule is CCC(=O)OS(c1ccc(OC(C)(C)C)cc1)(c1ccc(OC(C)(C)C)cc1)c1ccc(OC(C)(C)C)cc1. The summed E-state index contributed by atoms with van der Waals surface area (Å²) >= 11 is 0. The van der Waals surface area contributed by atoms with Crippen molar-refractivity contribution >= 4 is 16.3 Å². The van der Waals surface area contributed by atoms with Crippen LogP contribution in [0.25, 0.3) is 0 Å². The fourth-order valence-electron chi connectivity index (χ4n) is 3.91. The van der Waals surface area contributed by atoms with Crippen LogP contribution in [0.2, 0.25) is 0 Å². The fraction of sp³-hybridized carbons (Fsp3) is 0.424. The lowest BCUT2D eigenvalue weighted by Crippen LogP contribution is -2.23. The van der Waals surface area contributed by atoms with Crippen LogP contribution in [0.4, 0.5) is 0 Å². The van der Waals surface area contributed by atoms with Gasteiger partial charge >= 0.3 is 5.97 Å².